The number of nitrogens with zero attached hydrogens (tertiary/aromatic N) is 3. The summed E-state index contributed by atoms with van der Waals surface area (Å²) in [5.41, 5.74) is 2.30. The van der Waals surface area contributed by atoms with E-state index in [2.05, 4.69) is 13.8 Å². The molecular weight excluding hydrogens is 430 g/mol. The lowest BCUT2D eigenvalue weighted by molar-refractivity contribution is -0.137. The van der Waals surface area contributed by atoms with Gasteiger partial charge in [-0.15, -0.1) is 0 Å². The van der Waals surface area contributed by atoms with Crippen LogP contribution in [0.4, 0.5) is 0 Å². The first kappa shape index (κ1) is 23.3. The number of hydrogen-bond acceptors (Lipinski definition) is 3. The van der Waals surface area contributed by atoms with Crippen LogP contribution in [0.1, 0.15) is 37.8 Å². The smallest absolute Gasteiger partial charge is 0.331 e. The number of hydrogen-bond donors (Lipinski definition) is 1. The fraction of sp³-hybridized carbons (Fsp3) is 0.296. The van der Waals surface area contributed by atoms with Gasteiger partial charge in [0, 0.05) is 30.7 Å². The Labute approximate surface area is 197 Å². The molecule has 34 heavy (non-hydrogen) atoms. The van der Waals surface area contributed by atoms with Gasteiger partial charge in [0.1, 0.15) is 0 Å². The van der Waals surface area contributed by atoms with E-state index in [0.717, 1.165) is 33.0 Å². The summed E-state index contributed by atoms with van der Waals surface area (Å²) >= 11 is 0. The van der Waals surface area contributed by atoms with Gasteiger partial charge in [0.05, 0.1) is 23.9 Å². The number of para-hydroxylation sites is 1. The van der Waals surface area contributed by atoms with Crippen molar-refractivity contribution in [3.05, 3.63) is 86.7 Å². The molecule has 2 heterocycles. The molecule has 0 aliphatic carbocycles. The molecule has 0 aliphatic heterocycles. The van der Waals surface area contributed by atoms with E-state index >= 15 is 0 Å². The van der Waals surface area contributed by atoms with Crippen LogP contribution in [0.5, 0.6) is 0 Å². The number of aliphatic carboxylic acids is 1. The minimum absolute atomic E-state index is 0.178. The molecule has 4 aromatic rings. The molecule has 0 spiro atoms. The monoisotopic (exact) mass is 459 g/mol. The van der Waals surface area contributed by atoms with Crippen molar-refractivity contribution in [2.24, 2.45) is 13.0 Å². The highest BCUT2D eigenvalue weighted by molar-refractivity contribution is 5.88. The summed E-state index contributed by atoms with van der Waals surface area (Å²) in [6.45, 7) is 4.33. The van der Waals surface area contributed by atoms with Gasteiger partial charge in [0.25, 0.3) is 5.56 Å². The Bertz CT molecular complexity index is 1520. The van der Waals surface area contributed by atoms with E-state index in [1.54, 1.807) is 10.6 Å². The maximum absolute atomic E-state index is 13.5. The number of allylic oxidation sites excluding steroid dienone is 1. The van der Waals surface area contributed by atoms with Gasteiger partial charge in [-0.25, -0.2) is 4.79 Å². The maximum atomic E-state index is 13.5. The van der Waals surface area contributed by atoms with Crippen molar-refractivity contribution in [1.29, 1.82) is 0 Å². The van der Waals surface area contributed by atoms with Crippen LogP contribution in [0, 0.1) is 5.92 Å². The van der Waals surface area contributed by atoms with Crippen molar-refractivity contribution in [1.82, 2.24) is 13.7 Å². The molecular formula is C27H29N3O4. The Morgan fingerprint density at radius 2 is 1.76 bits per heavy atom. The predicted molar refractivity (Wildman–Crippen MR) is 135 cm³/mol. The molecule has 2 aromatic carbocycles. The minimum atomic E-state index is -1.06. The summed E-state index contributed by atoms with van der Waals surface area (Å²) in [4.78, 5) is 38.1. The Hall–Kier alpha value is -3.87. The van der Waals surface area contributed by atoms with E-state index in [1.807, 2.05) is 66.4 Å². The maximum Gasteiger partial charge on any atom is 0.331 e. The quantitative estimate of drug-likeness (QED) is 0.427. The summed E-state index contributed by atoms with van der Waals surface area (Å²) in [6.07, 6.45) is 6.49. The summed E-state index contributed by atoms with van der Waals surface area (Å²) in [5, 5.41) is 10.6. The van der Waals surface area contributed by atoms with Gasteiger partial charge < -0.3 is 9.67 Å². The van der Waals surface area contributed by atoms with Gasteiger partial charge in [0.2, 0.25) is 0 Å². The second kappa shape index (κ2) is 9.55. The molecule has 176 valence electrons. The van der Waals surface area contributed by atoms with Crippen LogP contribution in [0.15, 0.2) is 64.3 Å². The number of aryl methyl sites for hydroxylation is 1. The van der Waals surface area contributed by atoms with Crippen LogP contribution < -0.4 is 11.2 Å². The Morgan fingerprint density at radius 3 is 2.50 bits per heavy atom. The van der Waals surface area contributed by atoms with E-state index in [1.165, 1.54) is 0 Å². The van der Waals surface area contributed by atoms with Crippen LogP contribution >= 0.6 is 0 Å². The highest BCUT2D eigenvalue weighted by Gasteiger charge is 2.17. The number of carboxylic acids is 1. The normalized spacial score (nSPS) is 11.9. The van der Waals surface area contributed by atoms with Crippen LogP contribution in [0.3, 0.4) is 0 Å². The predicted octanol–water partition coefficient (Wildman–Crippen LogP) is 4.24. The first-order valence-corrected chi connectivity index (χ1v) is 11.5. The summed E-state index contributed by atoms with van der Waals surface area (Å²) in [6, 6.07) is 13.4. The molecule has 0 amide bonds. The topological polar surface area (TPSA) is 86.2 Å². The molecule has 0 aliphatic rings. The average Bonchev–Trinajstić information content (AvgIpc) is 3.11. The van der Waals surface area contributed by atoms with Gasteiger partial charge in [-0.1, -0.05) is 56.3 Å². The third kappa shape index (κ3) is 4.46. The van der Waals surface area contributed by atoms with E-state index in [-0.39, 0.29) is 19.5 Å². The summed E-state index contributed by atoms with van der Waals surface area (Å²) in [7, 11) is 1.96. The molecule has 4 rings (SSSR count). The van der Waals surface area contributed by atoms with Gasteiger partial charge in [-0.3, -0.25) is 18.7 Å². The zero-order valence-corrected chi connectivity index (χ0v) is 19.7. The van der Waals surface area contributed by atoms with Crippen molar-refractivity contribution in [2.45, 2.75) is 39.8 Å². The van der Waals surface area contributed by atoms with Crippen molar-refractivity contribution >= 4 is 33.9 Å². The van der Waals surface area contributed by atoms with Crippen molar-refractivity contribution in [3.8, 4) is 0 Å². The van der Waals surface area contributed by atoms with Crippen molar-refractivity contribution in [2.75, 3.05) is 0 Å². The van der Waals surface area contributed by atoms with Gasteiger partial charge >= 0.3 is 11.7 Å². The van der Waals surface area contributed by atoms with Crippen molar-refractivity contribution < 1.29 is 9.90 Å². The molecule has 1 N–H and O–H groups in total. The number of benzene rings is 2. The lowest BCUT2D eigenvalue weighted by Gasteiger charge is -2.15. The van der Waals surface area contributed by atoms with Gasteiger partial charge in [0.15, 0.2) is 0 Å². The number of rotatable bonds is 8. The van der Waals surface area contributed by atoms with Crippen LogP contribution in [0.2, 0.25) is 0 Å². The molecule has 0 radical (unpaired) electrons. The second-order valence-corrected chi connectivity index (χ2v) is 9.02. The fourth-order valence-electron chi connectivity index (χ4n) is 4.37. The SMILES string of the molecule is CC(C)CC=Cc1cccc2c1c(=O)n(CCC(=O)O)c(=O)n2Cc1cn(C)c2ccccc12. The zero-order chi connectivity index (χ0) is 24.4. The van der Waals surface area contributed by atoms with Gasteiger partial charge in [-0.05, 0) is 35.6 Å². The van der Waals surface area contributed by atoms with E-state index in [0.29, 0.717) is 16.8 Å². The van der Waals surface area contributed by atoms with Crippen LogP contribution in [-0.2, 0) is 24.9 Å². The number of fused-ring (bicyclic) bond motifs is 2. The highest BCUT2D eigenvalue weighted by Crippen LogP contribution is 2.23. The number of aromatic nitrogens is 3. The minimum Gasteiger partial charge on any atom is -0.481 e. The standard InChI is InChI=1S/C27H29N3O4/c1-18(2)8-6-9-19-10-7-13-23-25(19)26(33)29(15-14-24(31)32)27(34)30(23)17-20-16-28(3)22-12-5-4-11-21(20)22/h4-7,9-13,16,18H,8,14-15,17H2,1-3H3,(H,31,32). The number of carbonyl (C=O) groups is 1. The lowest BCUT2D eigenvalue weighted by atomic mass is 10.1. The molecule has 0 bridgehead atoms. The molecule has 0 fully saturated rings. The third-order valence-corrected chi connectivity index (χ3v) is 6.05. The number of carboxylic acid groups (broad SMARTS) is 1. The van der Waals surface area contributed by atoms with Crippen LogP contribution in [-0.4, -0.2) is 24.8 Å². The molecule has 7 nitrogen and oxygen atoms in total. The Balaban J connectivity index is 1.96. The van der Waals surface area contributed by atoms with Gasteiger partial charge in [-0.2, -0.15) is 0 Å². The average molecular weight is 460 g/mol. The van der Waals surface area contributed by atoms with Crippen LogP contribution in [0.25, 0.3) is 27.9 Å². The second-order valence-electron chi connectivity index (χ2n) is 9.02. The fourth-order valence-corrected chi connectivity index (χ4v) is 4.37. The first-order chi connectivity index (χ1) is 16.3. The highest BCUT2D eigenvalue weighted by atomic mass is 16.4. The van der Waals surface area contributed by atoms with E-state index in [9.17, 15) is 19.5 Å². The Kier molecular flexibility index (Phi) is 6.54. The summed E-state index contributed by atoms with van der Waals surface area (Å²) < 4.78 is 4.65. The largest absolute Gasteiger partial charge is 0.481 e. The molecule has 0 atom stereocenters. The summed E-state index contributed by atoms with van der Waals surface area (Å²) in [5.74, 6) is -0.583. The molecule has 0 saturated heterocycles. The third-order valence-electron chi connectivity index (χ3n) is 6.05. The first-order valence-electron chi connectivity index (χ1n) is 11.5. The molecule has 0 unspecified atom stereocenters. The lowest BCUT2D eigenvalue weighted by Crippen LogP contribution is -2.41. The molecule has 2 aromatic heterocycles. The Morgan fingerprint density at radius 1 is 1.03 bits per heavy atom. The van der Waals surface area contributed by atoms with E-state index in [4.69, 9.17) is 0 Å². The molecule has 0 saturated carbocycles. The van der Waals surface area contributed by atoms with Crippen molar-refractivity contribution in [3.63, 3.8) is 0 Å². The zero-order valence-electron chi connectivity index (χ0n) is 19.7. The van der Waals surface area contributed by atoms with E-state index < -0.39 is 17.2 Å². The molecule has 7 heteroatoms.